The Kier molecular flexibility index (Phi) is 3.71. The van der Waals surface area contributed by atoms with Crippen LogP contribution in [0.5, 0.6) is 0 Å². The maximum Gasteiger partial charge on any atom is 1.00 e. The molecule has 0 saturated carbocycles. The van der Waals surface area contributed by atoms with Crippen molar-refractivity contribution in [3.05, 3.63) is 35.4 Å². The van der Waals surface area contributed by atoms with E-state index in [9.17, 15) is 0 Å². The third-order valence-electron chi connectivity index (χ3n) is 3.21. The Bertz CT molecular complexity index is 304. The molecule has 0 aromatic heterocycles. The van der Waals surface area contributed by atoms with Gasteiger partial charge in [0, 0.05) is 0 Å². The molecule has 14 heavy (non-hydrogen) atoms. The summed E-state index contributed by atoms with van der Waals surface area (Å²) >= 11 is 0. The number of fused-ring (bicyclic) bond motifs is 1. The van der Waals surface area contributed by atoms with Gasteiger partial charge in [0.25, 0.3) is 0 Å². The summed E-state index contributed by atoms with van der Waals surface area (Å²) in [5.74, 6) is 0. The fourth-order valence-corrected chi connectivity index (χ4v) is 2.88. The molecule has 1 aromatic rings. The van der Waals surface area contributed by atoms with Gasteiger partial charge in [0.2, 0.25) is 0 Å². The van der Waals surface area contributed by atoms with Gasteiger partial charge in [-0.1, -0.05) is 33.1 Å². The molecule has 0 nitrogen and oxygen atoms in total. The molecule has 70 valence electrons. The molecule has 0 bridgehead atoms. The average molecular weight is 212 g/mol. The van der Waals surface area contributed by atoms with Crippen molar-refractivity contribution in [1.82, 2.24) is 0 Å². The van der Waals surface area contributed by atoms with E-state index >= 15 is 0 Å². The van der Waals surface area contributed by atoms with E-state index in [1.165, 1.54) is 17.5 Å². The van der Waals surface area contributed by atoms with Crippen molar-refractivity contribution in [1.29, 1.82) is 0 Å². The molecule has 1 aliphatic carbocycles. The van der Waals surface area contributed by atoms with Crippen LogP contribution in [0, 0.1) is 6.07 Å². The molecule has 1 heteroatoms. The fraction of sp³-hybridized carbons (Fsp3) is 0.538. The second-order valence-corrected chi connectivity index (χ2v) is 5.42. The minimum absolute atomic E-state index is 0. The van der Waals surface area contributed by atoms with Gasteiger partial charge in [0.05, 0.1) is 0 Å². The van der Waals surface area contributed by atoms with Crippen LogP contribution in [0.1, 0.15) is 45.2 Å². The van der Waals surface area contributed by atoms with E-state index in [4.69, 9.17) is 0 Å². The molecule has 0 saturated heterocycles. The van der Waals surface area contributed by atoms with Crippen LogP contribution < -0.4 is 51.4 Å². The van der Waals surface area contributed by atoms with E-state index in [1.54, 1.807) is 0 Å². The second kappa shape index (κ2) is 4.02. The number of benzene rings is 1. The van der Waals surface area contributed by atoms with E-state index in [1.807, 2.05) is 6.07 Å². The van der Waals surface area contributed by atoms with E-state index in [0.717, 1.165) is 0 Å². The topological polar surface area (TPSA) is 0 Å². The molecule has 1 aromatic carbocycles. The molecule has 0 amide bonds. The minimum atomic E-state index is 0. The molecule has 0 fully saturated rings. The maximum absolute atomic E-state index is 3.19. The van der Waals surface area contributed by atoms with E-state index in [0.29, 0.717) is 10.8 Å². The minimum Gasteiger partial charge on any atom is -0.184 e. The van der Waals surface area contributed by atoms with E-state index < -0.39 is 0 Å². The fourth-order valence-electron chi connectivity index (χ4n) is 2.88. The molecule has 0 heterocycles. The standard InChI is InChI=1S/C13H17.K/c1-12(2)9-13(3,4)11-8-6-5-7-10(11)12;/h5,7-8H,9H2,1-4H3;/q-1;+1. The molecule has 0 aliphatic heterocycles. The Hall–Kier alpha value is 0.856. The summed E-state index contributed by atoms with van der Waals surface area (Å²) in [6.45, 7) is 9.32. The quantitative estimate of drug-likeness (QED) is 0.433. The van der Waals surface area contributed by atoms with Crippen molar-refractivity contribution >= 4 is 0 Å². The van der Waals surface area contributed by atoms with Crippen molar-refractivity contribution in [2.45, 2.75) is 44.9 Å². The molecule has 0 atom stereocenters. The van der Waals surface area contributed by atoms with Gasteiger partial charge in [-0.2, -0.15) is 24.3 Å². The predicted molar refractivity (Wildman–Crippen MR) is 55.9 cm³/mol. The molecule has 2 rings (SSSR count). The first-order chi connectivity index (χ1) is 5.93. The van der Waals surface area contributed by atoms with Crippen LogP contribution in [0.2, 0.25) is 0 Å². The van der Waals surface area contributed by atoms with Crippen molar-refractivity contribution in [2.75, 3.05) is 0 Å². The molecule has 0 spiro atoms. The first kappa shape index (κ1) is 12.9. The molecule has 1 aliphatic rings. The Labute approximate surface area is 130 Å². The van der Waals surface area contributed by atoms with Gasteiger partial charge >= 0.3 is 51.4 Å². The maximum atomic E-state index is 3.19. The molecule has 0 unspecified atom stereocenters. The Balaban J connectivity index is 0.000000980. The summed E-state index contributed by atoms with van der Waals surface area (Å²) in [4.78, 5) is 0. The SMILES string of the molecule is CC1(C)CC(C)(C)c2cc[c-]cc21.[K+]. The van der Waals surface area contributed by atoms with Crippen LogP contribution in [-0.4, -0.2) is 0 Å². The predicted octanol–water partition coefficient (Wildman–Crippen LogP) is 0.450. The Morgan fingerprint density at radius 1 is 1.07 bits per heavy atom. The van der Waals surface area contributed by atoms with Crippen LogP contribution in [0.4, 0.5) is 0 Å². The third kappa shape index (κ3) is 2.03. The van der Waals surface area contributed by atoms with Crippen LogP contribution in [0.3, 0.4) is 0 Å². The van der Waals surface area contributed by atoms with Gasteiger partial charge < -0.3 is 0 Å². The van der Waals surface area contributed by atoms with Gasteiger partial charge in [-0.3, -0.25) is 0 Å². The second-order valence-electron chi connectivity index (χ2n) is 5.42. The summed E-state index contributed by atoms with van der Waals surface area (Å²) < 4.78 is 0. The van der Waals surface area contributed by atoms with Gasteiger partial charge in [0.15, 0.2) is 0 Å². The Morgan fingerprint density at radius 2 is 1.64 bits per heavy atom. The van der Waals surface area contributed by atoms with Crippen LogP contribution in [0.15, 0.2) is 18.2 Å². The normalized spacial score (nSPS) is 21.1. The largest absolute Gasteiger partial charge is 1.00 e. The summed E-state index contributed by atoms with van der Waals surface area (Å²) in [6, 6.07) is 9.60. The summed E-state index contributed by atoms with van der Waals surface area (Å²) in [5.41, 5.74) is 3.67. The average Bonchev–Trinajstić information content (AvgIpc) is 2.20. The zero-order valence-corrected chi connectivity index (χ0v) is 13.1. The summed E-state index contributed by atoms with van der Waals surface area (Å²) in [7, 11) is 0. The van der Waals surface area contributed by atoms with Crippen LogP contribution >= 0.6 is 0 Å². The summed E-state index contributed by atoms with van der Waals surface area (Å²) in [5, 5.41) is 0. The zero-order valence-electron chi connectivity index (χ0n) is 9.94. The van der Waals surface area contributed by atoms with Crippen LogP contribution in [0.25, 0.3) is 0 Å². The first-order valence-corrected chi connectivity index (χ1v) is 4.95. The Morgan fingerprint density at radius 3 is 2.21 bits per heavy atom. The van der Waals surface area contributed by atoms with Gasteiger partial charge in [0.1, 0.15) is 0 Å². The van der Waals surface area contributed by atoms with Gasteiger partial charge in [-0.15, -0.1) is 11.1 Å². The number of rotatable bonds is 0. The monoisotopic (exact) mass is 212 g/mol. The van der Waals surface area contributed by atoms with Gasteiger partial charge in [-0.25, -0.2) is 0 Å². The van der Waals surface area contributed by atoms with E-state index in [-0.39, 0.29) is 51.4 Å². The van der Waals surface area contributed by atoms with Crippen molar-refractivity contribution in [3.8, 4) is 0 Å². The smallest absolute Gasteiger partial charge is 0.184 e. The van der Waals surface area contributed by atoms with Crippen molar-refractivity contribution in [2.24, 2.45) is 0 Å². The molecular weight excluding hydrogens is 195 g/mol. The summed E-state index contributed by atoms with van der Waals surface area (Å²) in [6.07, 6.45) is 1.24. The van der Waals surface area contributed by atoms with Gasteiger partial charge in [-0.05, 0) is 11.8 Å². The number of hydrogen-bond acceptors (Lipinski definition) is 0. The molecular formula is C13H17K. The third-order valence-corrected chi connectivity index (χ3v) is 3.21. The number of hydrogen-bond donors (Lipinski definition) is 0. The zero-order chi connectivity index (χ0) is 9.69. The molecule has 0 N–H and O–H groups in total. The van der Waals surface area contributed by atoms with Crippen LogP contribution in [-0.2, 0) is 10.8 Å². The first-order valence-electron chi connectivity index (χ1n) is 4.95. The van der Waals surface area contributed by atoms with Crippen molar-refractivity contribution in [3.63, 3.8) is 0 Å². The molecule has 0 radical (unpaired) electrons. The van der Waals surface area contributed by atoms with Crippen molar-refractivity contribution < 1.29 is 51.4 Å². The van der Waals surface area contributed by atoms with E-state index in [2.05, 4.69) is 45.9 Å².